The van der Waals surface area contributed by atoms with E-state index >= 15 is 0 Å². The maximum atomic E-state index is 12.4. The molecule has 0 bridgehead atoms. The van der Waals surface area contributed by atoms with Crippen molar-refractivity contribution in [2.24, 2.45) is 5.92 Å². The summed E-state index contributed by atoms with van der Waals surface area (Å²) in [6, 6.07) is -0.443. The third kappa shape index (κ3) is 5.60. The van der Waals surface area contributed by atoms with Crippen LogP contribution in [0, 0.1) is 5.92 Å². The Morgan fingerprint density at radius 2 is 1.47 bits per heavy atom. The van der Waals surface area contributed by atoms with E-state index in [0.29, 0.717) is 13.0 Å². The fraction of sp³-hybridized carbons (Fsp3) is 0.957. The molecule has 9 heteroatoms. The van der Waals surface area contributed by atoms with Gasteiger partial charge < -0.3 is 28.1 Å². The molecule has 1 saturated heterocycles. The number of alkyl carbamates (subject to hydrolysis) is 1. The van der Waals surface area contributed by atoms with E-state index in [1.807, 2.05) is 20.8 Å². The number of amides is 1. The predicted molar refractivity (Wildman–Crippen MR) is 131 cm³/mol. The second kappa shape index (κ2) is 10.0. The van der Waals surface area contributed by atoms with Crippen LogP contribution in [0.3, 0.4) is 0 Å². The standard InChI is InChI=1S/C23H47NO6Si2/c1-14(2)31(15(3)4)27-13-18-12-19(24-22(26)28-23(9,10)11)20(25)21(18)29-32(30-31,16(5)6)17(7)8/h14-21,25H,12-13H2,1-11H3,(H,24,26)/t18-,19-,20+,21-/m1/s1. The van der Waals surface area contributed by atoms with Crippen molar-refractivity contribution >= 4 is 23.2 Å². The summed E-state index contributed by atoms with van der Waals surface area (Å²) in [4.78, 5) is 12.4. The van der Waals surface area contributed by atoms with E-state index in [1.54, 1.807) is 0 Å². The van der Waals surface area contributed by atoms with Crippen LogP contribution in [0.1, 0.15) is 82.6 Å². The van der Waals surface area contributed by atoms with Gasteiger partial charge in [0, 0.05) is 12.5 Å². The second-order valence-corrected chi connectivity index (χ2v) is 20.6. The van der Waals surface area contributed by atoms with Gasteiger partial charge >= 0.3 is 23.2 Å². The van der Waals surface area contributed by atoms with E-state index in [0.717, 1.165) is 0 Å². The van der Waals surface area contributed by atoms with Crippen molar-refractivity contribution in [1.29, 1.82) is 0 Å². The molecule has 0 aromatic heterocycles. The van der Waals surface area contributed by atoms with Crippen molar-refractivity contribution < 1.29 is 27.6 Å². The summed E-state index contributed by atoms with van der Waals surface area (Å²) in [6.07, 6.45) is -1.20. The highest BCUT2D eigenvalue weighted by molar-refractivity contribution is 6.83. The fourth-order valence-corrected chi connectivity index (χ4v) is 16.5. The number of fused-ring (bicyclic) bond motifs is 1. The number of carbonyl (C=O) groups excluding carboxylic acids is 1. The molecular weight excluding hydrogens is 442 g/mol. The number of aliphatic hydroxyl groups excluding tert-OH is 1. The first-order chi connectivity index (χ1) is 14.6. The number of nitrogens with one attached hydrogen (secondary N) is 1. The first-order valence-corrected chi connectivity index (χ1v) is 16.2. The average molecular weight is 490 g/mol. The molecule has 32 heavy (non-hydrogen) atoms. The Hall–Kier alpha value is -0.456. The lowest BCUT2D eigenvalue weighted by molar-refractivity contribution is -0.0226. The molecule has 2 rings (SSSR count). The van der Waals surface area contributed by atoms with Crippen molar-refractivity contribution in [2.75, 3.05) is 6.61 Å². The van der Waals surface area contributed by atoms with Crippen LogP contribution in [-0.4, -0.2) is 58.8 Å². The minimum atomic E-state index is -2.78. The number of hydrogen-bond acceptors (Lipinski definition) is 6. The Bertz CT molecular complexity index is 633. The van der Waals surface area contributed by atoms with E-state index < -0.39 is 47.1 Å². The van der Waals surface area contributed by atoms with Gasteiger partial charge in [-0.15, -0.1) is 0 Å². The molecule has 2 N–H and O–H groups in total. The average Bonchev–Trinajstić information content (AvgIpc) is 2.87. The highest BCUT2D eigenvalue weighted by atomic mass is 28.5. The summed E-state index contributed by atoms with van der Waals surface area (Å²) in [7, 11) is -5.39. The van der Waals surface area contributed by atoms with E-state index in [9.17, 15) is 9.90 Å². The van der Waals surface area contributed by atoms with Crippen LogP contribution in [0.15, 0.2) is 0 Å². The lowest BCUT2D eigenvalue weighted by atomic mass is 10.1. The van der Waals surface area contributed by atoms with Gasteiger partial charge in [-0.05, 0) is 49.4 Å². The summed E-state index contributed by atoms with van der Waals surface area (Å²) in [5.41, 5.74) is 0.335. The van der Waals surface area contributed by atoms with Crippen molar-refractivity contribution in [2.45, 2.75) is 129 Å². The van der Waals surface area contributed by atoms with Crippen LogP contribution < -0.4 is 5.32 Å². The Kier molecular flexibility index (Phi) is 8.71. The van der Waals surface area contributed by atoms with Gasteiger partial charge in [-0.25, -0.2) is 4.79 Å². The van der Waals surface area contributed by atoms with Gasteiger partial charge in [-0.1, -0.05) is 55.4 Å². The van der Waals surface area contributed by atoms with Crippen LogP contribution in [-0.2, 0) is 17.7 Å². The molecule has 0 aromatic carbocycles. The normalized spacial score (nSPS) is 30.4. The maximum absolute atomic E-state index is 12.4. The van der Waals surface area contributed by atoms with Crippen molar-refractivity contribution in [3.63, 3.8) is 0 Å². The number of carbonyl (C=O) groups is 1. The minimum Gasteiger partial charge on any atom is -0.444 e. The van der Waals surface area contributed by atoms with Crippen LogP contribution >= 0.6 is 0 Å². The van der Waals surface area contributed by atoms with Gasteiger partial charge in [0.15, 0.2) is 0 Å². The molecule has 0 spiro atoms. The molecule has 1 amide bonds. The monoisotopic (exact) mass is 489 g/mol. The van der Waals surface area contributed by atoms with Gasteiger partial charge in [0.05, 0.1) is 18.2 Å². The van der Waals surface area contributed by atoms with Crippen molar-refractivity contribution in [1.82, 2.24) is 5.32 Å². The maximum Gasteiger partial charge on any atom is 0.407 e. The third-order valence-corrected chi connectivity index (χ3v) is 17.1. The van der Waals surface area contributed by atoms with Crippen molar-refractivity contribution in [3.05, 3.63) is 0 Å². The number of aliphatic hydroxyl groups is 1. The number of rotatable bonds is 5. The lowest BCUT2D eigenvalue weighted by Gasteiger charge is -2.51. The van der Waals surface area contributed by atoms with Gasteiger partial charge in [-0.2, -0.15) is 0 Å². The number of hydrogen-bond donors (Lipinski definition) is 2. The van der Waals surface area contributed by atoms with E-state index in [1.165, 1.54) is 0 Å². The highest BCUT2D eigenvalue weighted by Gasteiger charge is 2.61. The zero-order valence-corrected chi connectivity index (χ0v) is 24.0. The Labute approximate surface area is 197 Å². The molecule has 1 heterocycles. The largest absolute Gasteiger partial charge is 0.444 e. The number of ether oxygens (including phenoxy) is 1. The first-order valence-electron chi connectivity index (χ1n) is 12.2. The third-order valence-electron chi connectivity index (χ3n) is 6.85. The Balaban J connectivity index is 2.40. The van der Waals surface area contributed by atoms with Gasteiger partial charge in [0.25, 0.3) is 0 Å². The first kappa shape index (κ1) is 27.8. The Morgan fingerprint density at radius 1 is 0.969 bits per heavy atom. The fourth-order valence-electron chi connectivity index (χ4n) is 5.20. The minimum absolute atomic E-state index is 0.0115. The lowest BCUT2D eigenvalue weighted by Crippen LogP contribution is -2.65. The zero-order chi connectivity index (χ0) is 24.6. The molecule has 2 fully saturated rings. The van der Waals surface area contributed by atoms with Crippen LogP contribution in [0.25, 0.3) is 0 Å². The van der Waals surface area contributed by atoms with Gasteiger partial charge in [0.1, 0.15) is 5.60 Å². The topological polar surface area (TPSA) is 86.3 Å². The SMILES string of the molecule is CC(C)[Si]1(C(C)C)OC[C@H]2C[C@@H](NC(=O)OC(C)(C)C)[C@H](O)[C@@H]2O[Si](C(C)C)(C(C)C)O1. The molecule has 0 unspecified atom stereocenters. The van der Waals surface area contributed by atoms with E-state index in [2.05, 4.69) is 60.7 Å². The highest BCUT2D eigenvalue weighted by Crippen LogP contribution is 2.48. The summed E-state index contributed by atoms with van der Waals surface area (Å²) in [6.45, 7) is 23.4. The summed E-state index contributed by atoms with van der Waals surface area (Å²) in [5.74, 6) is -0.0115. The molecule has 4 atom stereocenters. The summed E-state index contributed by atoms with van der Waals surface area (Å²) >= 11 is 0. The summed E-state index contributed by atoms with van der Waals surface area (Å²) < 4.78 is 26.3. The zero-order valence-electron chi connectivity index (χ0n) is 22.0. The molecular formula is C23H47NO6Si2. The molecule has 1 aliphatic carbocycles. The van der Waals surface area contributed by atoms with E-state index in [-0.39, 0.29) is 28.1 Å². The van der Waals surface area contributed by atoms with Crippen LogP contribution in [0.2, 0.25) is 22.2 Å². The van der Waals surface area contributed by atoms with Crippen LogP contribution in [0.4, 0.5) is 4.79 Å². The van der Waals surface area contributed by atoms with Crippen LogP contribution in [0.5, 0.6) is 0 Å². The smallest absolute Gasteiger partial charge is 0.407 e. The molecule has 1 aliphatic heterocycles. The van der Waals surface area contributed by atoms with Gasteiger partial charge in [-0.3, -0.25) is 0 Å². The van der Waals surface area contributed by atoms with Gasteiger partial charge in [0.2, 0.25) is 0 Å². The molecule has 2 aliphatic rings. The molecule has 7 nitrogen and oxygen atoms in total. The molecule has 188 valence electrons. The predicted octanol–water partition coefficient (Wildman–Crippen LogP) is 5.22. The second-order valence-electron chi connectivity index (χ2n) is 11.8. The van der Waals surface area contributed by atoms with Crippen molar-refractivity contribution in [3.8, 4) is 0 Å². The van der Waals surface area contributed by atoms with E-state index in [4.69, 9.17) is 17.7 Å². The quantitative estimate of drug-likeness (QED) is 0.515. The molecule has 0 radical (unpaired) electrons. The molecule has 0 aromatic rings. The molecule has 1 saturated carbocycles. The summed E-state index contributed by atoms with van der Waals surface area (Å²) in [5, 5.41) is 14.1. The Morgan fingerprint density at radius 3 is 1.91 bits per heavy atom.